The number of hydrogen-bond acceptors (Lipinski definition) is 6. The number of β-amino-alcohol motifs (C(OH)–C–C–N with tert-alkyl or cyclic N) is 1. The van der Waals surface area contributed by atoms with Crippen LogP contribution in [0.25, 0.3) is 22.9 Å². The van der Waals surface area contributed by atoms with Crippen LogP contribution < -0.4 is 0 Å². The standard InChI is InChI=1S/C28H27N3O4/c32-24-12-13-30(17-24)15-22-16-31(29-28(22)25-7-4-14-34-25)23-10-8-21(9-11-23)27-19-33-18-26(35-27)20-5-2-1-3-6-20/h1-2,4-5,7-11,14,16,18-19,24,32H,3,6,12-13,15,17H2. The average Bonchev–Trinajstić information content (AvgIpc) is 3.67. The molecule has 6 rings (SSSR count). The lowest BCUT2D eigenvalue weighted by molar-refractivity contribution is 0.175. The van der Waals surface area contributed by atoms with Gasteiger partial charge in [0.2, 0.25) is 0 Å². The molecule has 1 N–H and O–H groups in total. The van der Waals surface area contributed by atoms with Crippen molar-refractivity contribution < 1.29 is 19.0 Å². The zero-order chi connectivity index (χ0) is 23.6. The van der Waals surface area contributed by atoms with Crippen molar-refractivity contribution >= 4 is 5.76 Å². The number of ether oxygens (including phenoxy) is 2. The van der Waals surface area contributed by atoms with Gasteiger partial charge in [0.15, 0.2) is 17.3 Å². The van der Waals surface area contributed by atoms with Crippen molar-refractivity contribution in [1.82, 2.24) is 14.7 Å². The lowest BCUT2D eigenvalue weighted by atomic mass is 10.0. The van der Waals surface area contributed by atoms with Gasteiger partial charge in [0, 0.05) is 37.0 Å². The summed E-state index contributed by atoms with van der Waals surface area (Å²) in [5.74, 6) is 2.16. The van der Waals surface area contributed by atoms with Crippen molar-refractivity contribution in [2.24, 2.45) is 0 Å². The van der Waals surface area contributed by atoms with Gasteiger partial charge in [-0.1, -0.05) is 18.2 Å². The molecule has 1 aliphatic carbocycles. The van der Waals surface area contributed by atoms with Crippen LogP contribution in [0.3, 0.4) is 0 Å². The van der Waals surface area contributed by atoms with Crippen LogP contribution in [0.5, 0.6) is 0 Å². The molecule has 7 heteroatoms. The molecule has 0 spiro atoms. The minimum absolute atomic E-state index is 0.258. The second-order valence-electron chi connectivity index (χ2n) is 9.01. The Kier molecular flexibility index (Phi) is 5.86. The Morgan fingerprint density at radius 1 is 1.09 bits per heavy atom. The maximum absolute atomic E-state index is 9.92. The second-order valence-corrected chi connectivity index (χ2v) is 9.01. The SMILES string of the molecule is OC1CCN(Cc2cn(-c3ccc(C4=COC=C(C5=CC=CCC5)O4)cc3)nc2-c2ccco2)C1. The molecule has 1 saturated heterocycles. The van der Waals surface area contributed by atoms with Crippen LogP contribution in [0, 0.1) is 0 Å². The van der Waals surface area contributed by atoms with E-state index in [2.05, 4.69) is 23.1 Å². The maximum Gasteiger partial charge on any atom is 0.169 e. The highest BCUT2D eigenvalue weighted by atomic mass is 16.5. The third kappa shape index (κ3) is 4.60. The molecule has 1 aromatic carbocycles. The minimum Gasteiger partial charge on any atom is -0.465 e. The lowest BCUT2D eigenvalue weighted by Gasteiger charge is -2.19. The Morgan fingerprint density at radius 2 is 1.97 bits per heavy atom. The van der Waals surface area contributed by atoms with Crippen LogP contribution in [0.4, 0.5) is 0 Å². The summed E-state index contributed by atoms with van der Waals surface area (Å²) in [6, 6.07) is 11.8. The summed E-state index contributed by atoms with van der Waals surface area (Å²) in [6.07, 6.45) is 15.7. The Labute approximate surface area is 203 Å². The van der Waals surface area contributed by atoms with E-state index >= 15 is 0 Å². The molecule has 4 heterocycles. The first-order chi connectivity index (χ1) is 17.2. The average molecular weight is 470 g/mol. The third-order valence-electron chi connectivity index (χ3n) is 6.50. The Bertz CT molecular complexity index is 1310. The van der Waals surface area contributed by atoms with Crippen LogP contribution in [-0.2, 0) is 16.0 Å². The fourth-order valence-corrected chi connectivity index (χ4v) is 4.65. The van der Waals surface area contributed by atoms with Crippen LogP contribution >= 0.6 is 0 Å². The quantitative estimate of drug-likeness (QED) is 0.538. The molecule has 2 aromatic heterocycles. The van der Waals surface area contributed by atoms with E-state index in [0.29, 0.717) is 18.8 Å². The first-order valence-electron chi connectivity index (χ1n) is 12.0. The van der Waals surface area contributed by atoms with Crippen LogP contribution in [0.2, 0.25) is 0 Å². The van der Waals surface area contributed by atoms with E-state index in [0.717, 1.165) is 65.4 Å². The molecule has 2 aliphatic heterocycles. The lowest BCUT2D eigenvalue weighted by Crippen LogP contribution is -2.21. The van der Waals surface area contributed by atoms with Gasteiger partial charge in [-0.15, -0.1) is 0 Å². The normalized spacial score (nSPS) is 20.1. The van der Waals surface area contributed by atoms with Gasteiger partial charge in [-0.25, -0.2) is 4.68 Å². The van der Waals surface area contributed by atoms with E-state index < -0.39 is 0 Å². The third-order valence-corrected chi connectivity index (χ3v) is 6.50. The van der Waals surface area contributed by atoms with Gasteiger partial charge in [-0.3, -0.25) is 4.90 Å². The van der Waals surface area contributed by atoms with E-state index in [1.807, 2.05) is 47.3 Å². The zero-order valence-electron chi connectivity index (χ0n) is 19.3. The van der Waals surface area contributed by atoms with Gasteiger partial charge in [-0.05, 0) is 61.2 Å². The summed E-state index contributed by atoms with van der Waals surface area (Å²) in [5, 5.41) is 14.8. The fourth-order valence-electron chi connectivity index (χ4n) is 4.65. The largest absolute Gasteiger partial charge is 0.465 e. The molecule has 0 saturated carbocycles. The van der Waals surface area contributed by atoms with Crippen LogP contribution in [0.1, 0.15) is 30.4 Å². The molecule has 0 bridgehead atoms. The van der Waals surface area contributed by atoms with Gasteiger partial charge >= 0.3 is 0 Å². The predicted molar refractivity (Wildman–Crippen MR) is 132 cm³/mol. The zero-order valence-corrected chi connectivity index (χ0v) is 19.3. The molecule has 7 nitrogen and oxygen atoms in total. The number of rotatable bonds is 6. The topological polar surface area (TPSA) is 72.9 Å². The predicted octanol–water partition coefficient (Wildman–Crippen LogP) is 5.16. The summed E-state index contributed by atoms with van der Waals surface area (Å²) < 4.78 is 19.3. The summed E-state index contributed by atoms with van der Waals surface area (Å²) in [6.45, 7) is 2.26. The molecule has 1 atom stereocenters. The van der Waals surface area contributed by atoms with Gasteiger partial charge < -0.3 is 19.0 Å². The van der Waals surface area contributed by atoms with Crippen molar-refractivity contribution in [2.45, 2.75) is 31.9 Å². The molecular formula is C28H27N3O4. The highest BCUT2D eigenvalue weighted by Gasteiger charge is 2.23. The van der Waals surface area contributed by atoms with Gasteiger partial charge in [0.05, 0.1) is 18.1 Å². The molecule has 35 heavy (non-hydrogen) atoms. The number of aliphatic hydroxyl groups excluding tert-OH is 1. The highest BCUT2D eigenvalue weighted by Crippen LogP contribution is 2.31. The van der Waals surface area contributed by atoms with Crippen molar-refractivity contribution in [3.8, 4) is 17.1 Å². The van der Waals surface area contributed by atoms with E-state index in [4.69, 9.17) is 19.0 Å². The van der Waals surface area contributed by atoms with E-state index in [-0.39, 0.29) is 6.10 Å². The molecule has 0 radical (unpaired) electrons. The molecular weight excluding hydrogens is 442 g/mol. The minimum atomic E-state index is -0.258. The molecule has 3 aromatic rings. The maximum atomic E-state index is 9.92. The van der Waals surface area contributed by atoms with Gasteiger partial charge in [-0.2, -0.15) is 5.10 Å². The summed E-state index contributed by atoms with van der Waals surface area (Å²) in [5.41, 5.74) is 4.87. The number of aromatic nitrogens is 2. The van der Waals surface area contributed by atoms with Gasteiger partial charge in [0.1, 0.15) is 18.2 Å². The smallest absolute Gasteiger partial charge is 0.169 e. The van der Waals surface area contributed by atoms with Gasteiger partial charge in [0.25, 0.3) is 0 Å². The second kappa shape index (κ2) is 9.44. The monoisotopic (exact) mass is 469 g/mol. The van der Waals surface area contributed by atoms with E-state index in [1.165, 1.54) is 0 Å². The number of likely N-dealkylation sites (tertiary alicyclic amines) is 1. The Morgan fingerprint density at radius 3 is 2.71 bits per heavy atom. The van der Waals surface area contributed by atoms with E-state index in [9.17, 15) is 5.11 Å². The number of allylic oxidation sites excluding steroid dienone is 4. The summed E-state index contributed by atoms with van der Waals surface area (Å²) >= 11 is 0. The molecule has 3 aliphatic rings. The number of nitrogens with zero attached hydrogens (tertiary/aromatic N) is 3. The number of hydrogen-bond donors (Lipinski definition) is 1. The first kappa shape index (κ1) is 21.7. The molecule has 1 fully saturated rings. The van der Waals surface area contributed by atoms with E-state index in [1.54, 1.807) is 18.8 Å². The fraction of sp³-hybridized carbons (Fsp3) is 0.250. The highest BCUT2D eigenvalue weighted by molar-refractivity contribution is 5.63. The Balaban J connectivity index is 1.23. The number of furan rings is 1. The number of aliphatic hydroxyl groups is 1. The van der Waals surface area contributed by atoms with Crippen molar-refractivity contribution in [3.05, 3.63) is 102 Å². The Hall–Kier alpha value is -3.81. The summed E-state index contributed by atoms with van der Waals surface area (Å²) in [7, 11) is 0. The van der Waals surface area contributed by atoms with Crippen LogP contribution in [-0.4, -0.2) is 39.0 Å². The number of benzene rings is 1. The summed E-state index contributed by atoms with van der Waals surface area (Å²) in [4.78, 5) is 2.25. The van der Waals surface area contributed by atoms with Crippen LogP contribution in [0.15, 0.2) is 95.4 Å². The molecule has 1 unspecified atom stereocenters. The van der Waals surface area contributed by atoms with Crippen molar-refractivity contribution in [1.29, 1.82) is 0 Å². The molecule has 0 amide bonds. The molecule has 178 valence electrons. The van der Waals surface area contributed by atoms with Crippen molar-refractivity contribution in [2.75, 3.05) is 13.1 Å². The first-order valence-corrected chi connectivity index (χ1v) is 12.0. The van der Waals surface area contributed by atoms with Crippen molar-refractivity contribution in [3.63, 3.8) is 0 Å².